The summed E-state index contributed by atoms with van der Waals surface area (Å²) in [5.41, 5.74) is 1.28. The lowest BCUT2D eigenvalue weighted by Crippen LogP contribution is -2.23. The van der Waals surface area contributed by atoms with Crippen molar-refractivity contribution in [3.05, 3.63) is 53.1 Å². The Bertz CT molecular complexity index is 761. The molecular formula is C17H14ClNO3S. The van der Waals surface area contributed by atoms with Crippen molar-refractivity contribution in [2.45, 2.75) is 17.7 Å². The summed E-state index contributed by atoms with van der Waals surface area (Å²) in [6, 6.07) is 12.2. The quantitative estimate of drug-likeness (QED) is 0.846. The first-order chi connectivity index (χ1) is 11.1. The van der Waals surface area contributed by atoms with E-state index >= 15 is 0 Å². The third kappa shape index (κ3) is 3.35. The number of nitrogens with one attached hydrogen (secondary N) is 1. The number of carbonyl (C=O) groups excluding carboxylic acids is 2. The van der Waals surface area contributed by atoms with E-state index in [1.807, 2.05) is 6.92 Å². The van der Waals surface area contributed by atoms with Crippen LogP contribution in [0.25, 0.3) is 0 Å². The number of ether oxygens (including phenoxy) is 1. The minimum absolute atomic E-state index is 0.189. The first kappa shape index (κ1) is 15.9. The molecule has 0 fully saturated rings. The number of rotatable bonds is 4. The molecule has 0 bridgehead atoms. The lowest BCUT2D eigenvalue weighted by atomic mass is 10.00. The molecule has 0 aliphatic carbocycles. The summed E-state index contributed by atoms with van der Waals surface area (Å²) in [4.78, 5) is 25.4. The Morgan fingerprint density at radius 3 is 2.70 bits per heavy atom. The van der Waals surface area contributed by atoms with Crippen LogP contribution in [0.1, 0.15) is 18.4 Å². The summed E-state index contributed by atoms with van der Waals surface area (Å²) in [6.45, 7) is 2.48. The number of hydrogen-bond acceptors (Lipinski definition) is 4. The van der Waals surface area contributed by atoms with E-state index in [1.54, 1.807) is 42.5 Å². The number of anilines is 1. The van der Waals surface area contributed by atoms with Crippen molar-refractivity contribution in [1.29, 1.82) is 0 Å². The standard InChI is InChI=1S/C17H14ClNO3S/c1-2-22-12-6-4-11(5-7-12)19-16(20)15-13-9-10(18)3-8-14(13)23-17(15)21/h3-9,15H,2H2,1H3,(H,19,20). The maximum atomic E-state index is 12.5. The molecule has 118 valence electrons. The number of hydrogen-bond donors (Lipinski definition) is 1. The summed E-state index contributed by atoms with van der Waals surface area (Å²) in [5, 5.41) is 3.10. The van der Waals surface area contributed by atoms with Gasteiger partial charge in [0.25, 0.3) is 0 Å². The summed E-state index contributed by atoms with van der Waals surface area (Å²) in [5.74, 6) is -0.455. The van der Waals surface area contributed by atoms with Gasteiger partial charge in [-0.05, 0) is 55.0 Å². The highest BCUT2D eigenvalue weighted by atomic mass is 35.5. The van der Waals surface area contributed by atoms with Crippen molar-refractivity contribution in [3.63, 3.8) is 0 Å². The first-order valence-corrected chi connectivity index (χ1v) is 8.33. The van der Waals surface area contributed by atoms with Crippen molar-refractivity contribution in [3.8, 4) is 5.75 Å². The van der Waals surface area contributed by atoms with Gasteiger partial charge in [0.15, 0.2) is 0 Å². The minimum Gasteiger partial charge on any atom is -0.494 e. The zero-order chi connectivity index (χ0) is 16.4. The smallest absolute Gasteiger partial charge is 0.240 e. The Hall–Kier alpha value is -1.98. The van der Waals surface area contributed by atoms with Crippen LogP contribution in [-0.4, -0.2) is 17.6 Å². The van der Waals surface area contributed by atoms with Gasteiger partial charge in [-0.15, -0.1) is 0 Å². The van der Waals surface area contributed by atoms with E-state index in [0.717, 1.165) is 22.4 Å². The zero-order valence-electron chi connectivity index (χ0n) is 12.3. The van der Waals surface area contributed by atoms with E-state index in [4.69, 9.17) is 16.3 Å². The molecule has 1 amide bonds. The third-order valence-electron chi connectivity index (χ3n) is 3.42. The largest absolute Gasteiger partial charge is 0.494 e. The van der Waals surface area contributed by atoms with Crippen molar-refractivity contribution in [1.82, 2.24) is 0 Å². The maximum Gasteiger partial charge on any atom is 0.240 e. The zero-order valence-corrected chi connectivity index (χ0v) is 13.9. The molecule has 6 heteroatoms. The second kappa shape index (κ2) is 6.64. The Kier molecular flexibility index (Phi) is 4.59. The molecule has 2 aromatic rings. The van der Waals surface area contributed by atoms with Gasteiger partial charge in [0.1, 0.15) is 11.7 Å². The van der Waals surface area contributed by atoms with Crippen LogP contribution in [0.15, 0.2) is 47.4 Å². The lowest BCUT2D eigenvalue weighted by molar-refractivity contribution is -0.123. The van der Waals surface area contributed by atoms with E-state index in [2.05, 4.69) is 5.32 Å². The second-order valence-corrected chi connectivity index (χ2v) is 6.47. The number of amides is 1. The summed E-state index contributed by atoms with van der Waals surface area (Å²) in [6.07, 6.45) is 0. The molecule has 0 saturated carbocycles. The molecule has 0 saturated heterocycles. The van der Waals surface area contributed by atoms with E-state index < -0.39 is 5.92 Å². The molecule has 0 spiro atoms. The molecule has 0 aromatic heterocycles. The Labute approximate surface area is 143 Å². The lowest BCUT2D eigenvalue weighted by Gasteiger charge is -2.11. The monoisotopic (exact) mass is 347 g/mol. The van der Waals surface area contributed by atoms with Crippen molar-refractivity contribution >= 4 is 40.1 Å². The summed E-state index contributed by atoms with van der Waals surface area (Å²) >= 11 is 7.06. The number of halogens is 1. The highest BCUT2D eigenvalue weighted by Crippen LogP contribution is 2.42. The molecule has 4 nitrogen and oxygen atoms in total. The Morgan fingerprint density at radius 2 is 2.00 bits per heavy atom. The van der Waals surface area contributed by atoms with Crippen LogP contribution in [-0.2, 0) is 9.59 Å². The molecule has 1 unspecified atom stereocenters. The predicted molar refractivity (Wildman–Crippen MR) is 91.3 cm³/mol. The van der Waals surface area contributed by atoms with E-state index in [-0.39, 0.29) is 11.0 Å². The molecule has 1 heterocycles. The van der Waals surface area contributed by atoms with E-state index in [9.17, 15) is 9.59 Å². The van der Waals surface area contributed by atoms with E-state index in [1.165, 1.54) is 0 Å². The van der Waals surface area contributed by atoms with Crippen LogP contribution < -0.4 is 10.1 Å². The number of benzene rings is 2. The van der Waals surface area contributed by atoms with Crippen molar-refractivity contribution < 1.29 is 14.3 Å². The second-order valence-electron chi connectivity index (χ2n) is 4.98. The fourth-order valence-corrected chi connectivity index (χ4v) is 3.58. The van der Waals surface area contributed by atoms with Crippen LogP contribution in [0, 0.1) is 0 Å². The average Bonchev–Trinajstić information content (AvgIpc) is 2.84. The molecule has 23 heavy (non-hydrogen) atoms. The Balaban J connectivity index is 1.78. The molecule has 3 rings (SSSR count). The van der Waals surface area contributed by atoms with Crippen LogP contribution in [0.4, 0.5) is 5.69 Å². The highest BCUT2D eigenvalue weighted by molar-refractivity contribution is 8.14. The summed E-state index contributed by atoms with van der Waals surface area (Å²) in [7, 11) is 0. The Morgan fingerprint density at radius 1 is 1.26 bits per heavy atom. The molecule has 1 atom stereocenters. The molecule has 0 radical (unpaired) electrons. The highest BCUT2D eigenvalue weighted by Gasteiger charge is 2.37. The van der Waals surface area contributed by atoms with Gasteiger partial charge in [0.2, 0.25) is 11.0 Å². The minimum atomic E-state index is -0.833. The van der Waals surface area contributed by atoms with Crippen LogP contribution in [0.2, 0.25) is 5.02 Å². The predicted octanol–water partition coefficient (Wildman–Crippen LogP) is 4.09. The van der Waals surface area contributed by atoms with Gasteiger partial charge < -0.3 is 10.1 Å². The van der Waals surface area contributed by atoms with Gasteiger partial charge in [0, 0.05) is 15.6 Å². The van der Waals surface area contributed by atoms with Gasteiger partial charge in [0.05, 0.1) is 6.61 Å². The van der Waals surface area contributed by atoms with Gasteiger partial charge in [-0.3, -0.25) is 9.59 Å². The number of carbonyl (C=O) groups is 2. The molecule has 1 N–H and O–H groups in total. The van der Waals surface area contributed by atoms with E-state index in [0.29, 0.717) is 22.9 Å². The molecular weight excluding hydrogens is 334 g/mol. The van der Waals surface area contributed by atoms with Gasteiger partial charge in [-0.1, -0.05) is 23.4 Å². The van der Waals surface area contributed by atoms with Gasteiger partial charge in [-0.2, -0.15) is 0 Å². The van der Waals surface area contributed by atoms with Crippen molar-refractivity contribution in [2.24, 2.45) is 0 Å². The fourth-order valence-electron chi connectivity index (χ4n) is 2.40. The van der Waals surface area contributed by atoms with Gasteiger partial charge in [-0.25, -0.2) is 0 Å². The molecule has 1 aliphatic heterocycles. The SMILES string of the molecule is CCOc1ccc(NC(=O)C2C(=O)Sc3ccc(Cl)cc32)cc1. The van der Waals surface area contributed by atoms with Crippen LogP contribution in [0.5, 0.6) is 5.75 Å². The average molecular weight is 348 g/mol. The molecule has 2 aromatic carbocycles. The number of thioether (sulfide) groups is 1. The topological polar surface area (TPSA) is 55.4 Å². The molecule has 1 aliphatic rings. The van der Waals surface area contributed by atoms with Crippen LogP contribution >= 0.6 is 23.4 Å². The van der Waals surface area contributed by atoms with Crippen molar-refractivity contribution in [2.75, 3.05) is 11.9 Å². The normalized spacial score (nSPS) is 16.1. The summed E-state index contributed by atoms with van der Waals surface area (Å²) < 4.78 is 5.36. The van der Waals surface area contributed by atoms with Gasteiger partial charge >= 0.3 is 0 Å². The number of fused-ring (bicyclic) bond motifs is 1. The fraction of sp³-hybridized carbons (Fsp3) is 0.176. The maximum absolute atomic E-state index is 12.5. The first-order valence-electron chi connectivity index (χ1n) is 7.13. The third-order valence-corrected chi connectivity index (χ3v) is 4.69. The van der Waals surface area contributed by atoms with Crippen LogP contribution in [0.3, 0.4) is 0 Å².